The van der Waals surface area contributed by atoms with Gasteiger partial charge in [-0.2, -0.15) is 0 Å². The number of rotatable bonds is 3. The van der Waals surface area contributed by atoms with Gasteiger partial charge in [0.2, 0.25) is 0 Å². The molecule has 0 amide bonds. The Morgan fingerprint density at radius 2 is 2.00 bits per heavy atom. The first kappa shape index (κ1) is 12.7. The average molecular weight is 241 g/mol. The van der Waals surface area contributed by atoms with Crippen LogP contribution in [0.25, 0.3) is 11.0 Å². The lowest BCUT2D eigenvalue weighted by Crippen LogP contribution is -2.39. The van der Waals surface area contributed by atoms with Crippen molar-refractivity contribution in [3.8, 4) is 12.3 Å². The van der Waals surface area contributed by atoms with Crippen molar-refractivity contribution in [1.82, 2.24) is 5.32 Å². The zero-order valence-electron chi connectivity index (χ0n) is 11.4. The van der Waals surface area contributed by atoms with E-state index in [0.717, 1.165) is 11.3 Å². The normalized spacial score (nSPS) is 13.5. The van der Waals surface area contributed by atoms with Crippen molar-refractivity contribution in [2.24, 2.45) is 0 Å². The predicted molar refractivity (Wildman–Crippen MR) is 75.4 cm³/mol. The van der Waals surface area contributed by atoms with Crippen molar-refractivity contribution < 1.29 is 4.42 Å². The molecule has 0 aliphatic rings. The third-order valence-corrected chi connectivity index (χ3v) is 3.21. The highest BCUT2D eigenvalue weighted by atomic mass is 16.3. The zero-order valence-corrected chi connectivity index (χ0v) is 11.4. The van der Waals surface area contributed by atoms with Gasteiger partial charge in [0.25, 0.3) is 0 Å². The summed E-state index contributed by atoms with van der Waals surface area (Å²) in [5.74, 6) is 3.70. The summed E-state index contributed by atoms with van der Waals surface area (Å²) in [6, 6.07) is 8.17. The van der Waals surface area contributed by atoms with Crippen molar-refractivity contribution in [3.63, 3.8) is 0 Å². The topological polar surface area (TPSA) is 25.2 Å². The Kier molecular flexibility index (Phi) is 3.19. The minimum Gasteiger partial charge on any atom is -0.459 e. The molecule has 1 atom stereocenters. The van der Waals surface area contributed by atoms with Crippen molar-refractivity contribution >= 4 is 11.0 Å². The van der Waals surface area contributed by atoms with E-state index in [2.05, 4.69) is 31.2 Å². The van der Waals surface area contributed by atoms with E-state index in [4.69, 9.17) is 10.8 Å². The summed E-state index contributed by atoms with van der Waals surface area (Å²) in [6.07, 6.45) is 5.50. The molecule has 2 rings (SSSR count). The first-order chi connectivity index (χ1) is 8.44. The SMILES string of the molecule is C#CC(C)(C)NC(C)c1oc2ccccc2c1C. The second-order valence-electron chi connectivity index (χ2n) is 5.22. The minimum absolute atomic E-state index is 0.0865. The number of furan rings is 1. The Hall–Kier alpha value is -1.72. The first-order valence-electron chi connectivity index (χ1n) is 6.18. The van der Waals surface area contributed by atoms with Crippen LogP contribution in [0.5, 0.6) is 0 Å². The molecule has 2 heteroatoms. The van der Waals surface area contributed by atoms with E-state index in [1.807, 2.05) is 32.0 Å². The summed E-state index contributed by atoms with van der Waals surface area (Å²) in [5.41, 5.74) is 1.76. The summed E-state index contributed by atoms with van der Waals surface area (Å²) in [4.78, 5) is 0. The third-order valence-electron chi connectivity index (χ3n) is 3.21. The minimum atomic E-state index is -0.342. The van der Waals surface area contributed by atoms with Gasteiger partial charge in [-0.3, -0.25) is 5.32 Å². The van der Waals surface area contributed by atoms with Gasteiger partial charge in [-0.1, -0.05) is 24.1 Å². The van der Waals surface area contributed by atoms with E-state index in [-0.39, 0.29) is 11.6 Å². The molecule has 1 aromatic carbocycles. The summed E-state index contributed by atoms with van der Waals surface area (Å²) >= 11 is 0. The Bertz CT molecular complexity index is 601. The molecule has 0 aliphatic heterocycles. The van der Waals surface area contributed by atoms with Crippen LogP contribution < -0.4 is 5.32 Å². The number of para-hydroxylation sites is 1. The molecule has 2 nitrogen and oxygen atoms in total. The Balaban J connectivity index is 2.37. The molecule has 2 aromatic rings. The third kappa shape index (κ3) is 2.27. The van der Waals surface area contributed by atoms with Gasteiger partial charge in [-0.25, -0.2) is 0 Å². The standard InChI is InChI=1S/C16H19NO/c1-6-16(4,5)17-12(3)15-11(2)13-9-7-8-10-14(13)18-15/h1,7-10,12,17H,2-5H3. The van der Waals surface area contributed by atoms with E-state index in [1.54, 1.807) is 0 Å². The van der Waals surface area contributed by atoms with E-state index in [0.29, 0.717) is 0 Å². The van der Waals surface area contributed by atoms with Gasteiger partial charge >= 0.3 is 0 Å². The van der Waals surface area contributed by atoms with Crippen molar-refractivity contribution in [3.05, 3.63) is 35.6 Å². The largest absolute Gasteiger partial charge is 0.459 e. The number of fused-ring (bicyclic) bond motifs is 1. The predicted octanol–water partition coefficient (Wildman–Crippen LogP) is 3.80. The summed E-state index contributed by atoms with van der Waals surface area (Å²) in [6.45, 7) is 8.13. The molecule has 1 N–H and O–H groups in total. The van der Waals surface area contributed by atoms with Crippen molar-refractivity contribution in [2.75, 3.05) is 0 Å². The Morgan fingerprint density at radius 1 is 1.33 bits per heavy atom. The molecule has 0 saturated heterocycles. The maximum atomic E-state index is 5.92. The zero-order chi connectivity index (χ0) is 13.3. The second-order valence-corrected chi connectivity index (χ2v) is 5.22. The quantitative estimate of drug-likeness (QED) is 0.827. The molecule has 1 unspecified atom stereocenters. The molecule has 0 bridgehead atoms. The van der Waals surface area contributed by atoms with E-state index < -0.39 is 0 Å². The number of nitrogens with one attached hydrogen (secondary N) is 1. The van der Waals surface area contributed by atoms with Crippen LogP contribution >= 0.6 is 0 Å². The van der Waals surface area contributed by atoms with Gasteiger partial charge in [0.15, 0.2) is 0 Å². The number of benzene rings is 1. The fourth-order valence-corrected chi connectivity index (χ4v) is 2.25. The highest BCUT2D eigenvalue weighted by Crippen LogP contribution is 2.29. The molecule has 0 radical (unpaired) electrons. The average Bonchev–Trinajstić information content (AvgIpc) is 2.67. The maximum Gasteiger partial charge on any atom is 0.134 e. The van der Waals surface area contributed by atoms with Crippen LogP contribution in [0.15, 0.2) is 28.7 Å². The Morgan fingerprint density at radius 3 is 2.61 bits per heavy atom. The van der Waals surface area contributed by atoms with E-state index in [1.165, 1.54) is 10.9 Å². The number of terminal acetylenes is 1. The molecule has 94 valence electrons. The fourth-order valence-electron chi connectivity index (χ4n) is 2.25. The summed E-state index contributed by atoms with van der Waals surface area (Å²) in [7, 11) is 0. The highest BCUT2D eigenvalue weighted by Gasteiger charge is 2.22. The van der Waals surface area contributed by atoms with Gasteiger partial charge in [-0.15, -0.1) is 6.42 Å². The maximum absolute atomic E-state index is 5.92. The lowest BCUT2D eigenvalue weighted by atomic mass is 10.0. The molecule has 18 heavy (non-hydrogen) atoms. The molecule has 1 aromatic heterocycles. The van der Waals surface area contributed by atoms with Crippen LogP contribution in [0.4, 0.5) is 0 Å². The van der Waals surface area contributed by atoms with Crippen molar-refractivity contribution in [1.29, 1.82) is 0 Å². The Labute approximate surface area is 108 Å². The summed E-state index contributed by atoms with van der Waals surface area (Å²) < 4.78 is 5.92. The van der Waals surface area contributed by atoms with Gasteiger partial charge in [0.05, 0.1) is 11.6 Å². The van der Waals surface area contributed by atoms with Gasteiger partial charge < -0.3 is 4.42 Å². The monoisotopic (exact) mass is 241 g/mol. The van der Waals surface area contributed by atoms with Crippen LogP contribution in [-0.2, 0) is 0 Å². The number of hydrogen-bond donors (Lipinski definition) is 1. The van der Waals surface area contributed by atoms with Gasteiger partial charge in [0, 0.05) is 5.39 Å². The fraction of sp³-hybridized carbons (Fsp3) is 0.375. The van der Waals surface area contributed by atoms with E-state index >= 15 is 0 Å². The van der Waals surface area contributed by atoms with Crippen LogP contribution in [-0.4, -0.2) is 5.54 Å². The van der Waals surface area contributed by atoms with Crippen LogP contribution in [0, 0.1) is 19.3 Å². The molecular formula is C16H19NO. The highest BCUT2D eigenvalue weighted by molar-refractivity contribution is 5.82. The lowest BCUT2D eigenvalue weighted by Gasteiger charge is -2.24. The van der Waals surface area contributed by atoms with Gasteiger partial charge in [-0.05, 0) is 39.3 Å². The van der Waals surface area contributed by atoms with Crippen molar-refractivity contribution in [2.45, 2.75) is 39.3 Å². The van der Waals surface area contributed by atoms with E-state index in [9.17, 15) is 0 Å². The first-order valence-corrected chi connectivity index (χ1v) is 6.18. The van der Waals surface area contributed by atoms with Gasteiger partial charge in [0.1, 0.15) is 11.3 Å². The second kappa shape index (κ2) is 4.51. The molecule has 0 spiro atoms. The molecular weight excluding hydrogens is 222 g/mol. The molecule has 0 saturated carbocycles. The number of aryl methyl sites for hydroxylation is 1. The lowest BCUT2D eigenvalue weighted by molar-refractivity contribution is 0.379. The molecule has 0 aliphatic carbocycles. The van der Waals surface area contributed by atoms with Crippen LogP contribution in [0.2, 0.25) is 0 Å². The molecule has 1 heterocycles. The smallest absolute Gasteiger partial charge is 0.134 e. The van der Waals surface area contributed by atoms with Crippen LogP contribution in [0.1, 0.15) is 38.1 Å². The van der Waals surface area contributed by atoms with Crippen LogP contribution in [0.3, 0.4) is 0 Å². The number of hydrogen-bond acceptors (Lipinski definition) is 2. The summed E-state index contributed by atoms with van der Waals surface area (Å²) in [5, 5.41) is 4.56. The molecule has 0 fully saturated rings.